The molecule has 1 aromatic carbocycles. The first-order valence-electron chi connectivity index (χ1n) is 8.45. The molecular formula is C18H20N6O. The molecule has 1 atom stereocenters. The first kappa shape index (κ1) is 15.6. The molecule has 0 radical (unpaired) electrons. The molecule has 1 aliphatic heterocycles. The number of carbonyl (C=O) groups is 1. The number of aromatic nitrogens is 5. The molecule has 0 unspecified atom stereocenters. The van der Waals surface area contributed by atoms with Gasteiger partial charge in [-0.15, -0.1) is 5.10 Å². The molecule has 25 heavy (non-hydrogen) atoms. The highest BCUT2D eigenvalue weighted by Crippen LogP contribution is 2.15. The maximum absolute atomic E-state index is 12.4. The van der Waals surface area contributed by atoms with E-state index in [1.54, 1.807) is 10.9 Å². The maximum atomic E-state index is 12.4. The number of fused-ring (bicyclic) bond motifs is 1. The van der Waals surface area contributed by atoms with Gasteiger partial charge < -0.3 is 9.88 Å². The molecule has 0 spiro atoms. The van der Waals surface area contributed by atoms with E-state index in [4.69, 9.17) is 0 Å². The van der Waals surface area contributed by atoms with Gasteiger partial charge in [-0.3, -0.25) is 4.79 Å². The summed E-state index contributed by atoms with van der Waals surface area (Å²) in [6.07, 6.45) is 5.49. The molecule has 128 valence electrons. The summed E-state index contributed by atoms with van der Waals surface area (Å²) in [5, 5.41) is 11.1. The van der Waals surface area contributed by atoms with E-state index in [0.717, 1.165) is 36.5 Å². The van der Waals surface area contributed by atoms with Crippen molar-refractivity contribution < 1.29 is 4.79 Å². The van der Waals surface area contributed by atoms with Crippen LogP contribution in [0, 0.1) is 6.92 Å². The maximum Gasteiger partial charge on any atom is 0.273 e. The molecular weight excluding hydrogens is 316 g/mol. The topological polar surface area (TPSA) is 77.6 Å². The number of carbonyl (C=O) groups excluding carboxylic acids is 1. The minimum absolute atomic E-state index is 0.0906. The number of amides is 1. The van der Waals surface area contributed by atoms with Crippen molar-refractivity contribution in [1.29, 1.82) is 0 Å². The number of imidazole rings is 1. The average molecular weight is 336 g/mol. The zero-order chi connectivity index (χ0) is 17.2. The second-order valence-electron chi connectivity index (χ2n) is 6.45. The molecule has 0 bridgehead atoms. The smallest absolute Gasteiger partial charge is 0.273 e. The zero-order valence-electron chi connectivity index (χ0n) is 14.1. The minimum Gasteiger partial charge on any atom is -0.346 e. The molecule has 7 nitrogen and oxygen atoms in total. The van der Waals surface area contributed by atoms with Crippen molar-refractivity contribution in [2.45, 2.75) is 38.9 Å². The Bertz CT molecular complexity index is 882. The van der Waals surface area contributed by atoms with Crippen LogP contribution in [0.3, 0.4) is 0 Å². The lowest BCUT2D eigenvalue weighted by molar-refractivity contribution is 0.0922. The Labute approximate surface area is 145 Å². The van der Waals surface area contributed by atoms with Gasteiger partial charge in [0.15, 0.2) is 5.69 Å². The van der Waals surface area contributed by atoms with Crippen molar-refractivity contribution in [3.63, 3.8) is 0 Å². The highest BCUT2D eigenvalue weighted by Gasteiger charge is 2.22. The summed E-state index contributed by atoms with van der Waals surface area (Å²) in [7, 11) is 0. The normalized spacial score (nSPS) is 16.4. The van der Waals surface area contributed by atoms with E-state index >= 15 is 0 Å². The van der Waals surface area contributed by atoms with E-state index < -0.39 is 0 Å². The third kappa shape index (κ3) is 3.45. The highest BCUT2D eigenvalue weighted by atomic mass is 16.2. The van der Waals surface area contributed by atoms with E-state index in [-0.39, 0.29) is 11.9 Å². The molecule has 1 amide bonds. The highest BCUT2D eigenvalue weighted by molar-refractivity contribution is 5.92. The minimum atomic E-state index is -0.176. The number of rotatable bonds is 4. The fourth-order valence-electron chi connectivity index (χ4n) is 3.21. The Balaban J connectivity index is 1.39. The van der Waals surface area contributed by atoms with Crippen molar-refractivity contribution in [1.82, 2.24) is 29.9 Å². The van der Waals surface area contributed by atoms with Crippen LogP contribution in [0.5, 0.6) is 0 Å². The van der Waals surface area contributed by atoms with Crippen molar-refractivity contribution in [3.05, 3.63) is 65.5 Å². The van der Waals surface area contributed by atoms with Crippen LogP contribution >= 0.6 is 0 Å². The molecule has 0 aliphatic carbocycles. The number of aryl methyl sites for hydroxylation is 2. The van der Waals surface area contributed by atoms with E-state index in [1.807, 2.05) is 43.5 Å². The van der Waals surface area contributed by atoms with Crippen LogP contribution in [0.1, 0.15) is 34.0 Å². The lowest BCUT2D eigenvalue weighted by atomic mass is 10.1. The average Bonchev–Trinajstić information content (AvgIpc) is 3.21. The van der Waals surface area contributed by atoms with E-state index in [0.29, 0.717) is 12.2 Å². The molecule has 1 aliphatic rings. The van der Waals surface area contributed by atoms with Gasteiger partial charge >= 0.3 is 0 Å². The van der Waals surface area contributed by atoms with E-state index in [1.165, 1.54) is 0 Å². The van der Waals surface area contributed by atoms with Gasteiger partial charge in [-0.2, -0.15) is 0 Å². The molecule has 3 aromatic rings. The van der Waals surface area contributed by atoms with Gasteiger partial charge in [0.2, 0.25) is 0 Å². The fourth-order valence-corrected chi connectivity index (χ4v) is 3.21. The standard InChI is InChI=1S/C18H20N6O/c1-13-9-23-11-15(7-8-17(23)19-13)20-18(25)16-12-24(22-21-16)10-14-5-3-2-4-6-14/h2-6,9,12,15H,7-8,10-11H2,1H3,(H,20,25)/t15-/m1/s1. The van der Waals surface area contributed by atoms with Crippen LogP contribution < -0.4 is 5.32 Å². The van der Waals surface area contributed by atoms with Gasteiger partial charge in [0.1, 0.15) is 5.82 Å². The Morgan fingerprint density at radius 3 is 2.96 bits per heavy atom. The quantitative estimate of drug-likeness (QED) is 0.785. The second kappa shape index (κ2) is 6.51. The molecule has 1 N–H and O–H groups in total. The Hall–Kier alpha value is -2.96. The van der Waals surface area contributed by atoms with Gasteiger partial charge in [0.25, 0.3) is 5.91 Å². The van der Waals surface area contributed by atoms with Crippen LogP contribution in [0.15, 0.2) is 42.7 Å². The Morgan fingerprint density at radius 2 is 2.12 bits per heavy atom. The summed E-state index contributed by atoms with van der Waals surface area (Å²) in [5.74, 6) is 0.918. The van der Waals surface area contributed by atoms with Crippen LogP contribution in [0.25, 0.3) is 0 Å². The fraction of sp³-hybridized carbons (Fsp3) is 0.333. The lowest BCUT2D eigenvalue weighted by Crippen LogP contribution is -2.41. The zero-order valence-corrected chi connectivity index (χ0v) is 14.1. The second-order valence-corrected chi connectivity index (χ2v) is 6.45. The monoisotopic (exact) mass is 336 g/mol. The third-order valence-corrected chi connectivity index (χ3v) is 4.41. The van der Waals surface area contributed by atoms with Gasteiger partial charge in [-0.05, 0) is 18.9 Å². The number of nitrogens with one attached hydrogen (secondary N) is 1. The molecule has 2 aromatic heterocycles. The van der Waals surface area contributed by atoms with Gasteiger partial charge in [-0.1, -0.05) is 35.5 Å². The van der Waals surface area contributed by atoms with Crippen molar-refractivity contribution in [2.24, 2.45) is 0 Å². The van der Waals surface area contributed by atoms with Crippen molar-refractivity contribution in [3.8, 4) is 0 Å². The number of hydrogen-bond acceptors (Lipinski definition) is 4. The summed E-state index contributed by atoms with van der Waals surface area (Å²) < 4.78 is 3.80. The van der Waals surface area contributed by atoms with Crippen LogP contribution in [0.2, 0.25) is 0 Å². The molecule has 4 rings (SSSR count). The summed E-state index contributed by atoms with van der Waals surface area (Å²) in [6.45, 7) is 3.34. The van der Waals surface area contributed by atoms with Gasteiger partial charge in [-0.25, -0.2) is 9.67 Å². The van der Waals surface area contributed by atoms with Gasteiger partial charge in [0, 0.05) is 25.2 Å². The molecule has 0 saturated carbocycles. The summed E-state index contributed by atoms with van der Waals surface area (Å²) in [6, 6.07) is 10.1. The predicted molar refractivity (Wildman–Crippen MR) is 92.1 cm³/mol. The number of benzene rings is 1. The van der Waals surface area contributed by atoms with E-state index in [9.17, 15) is 4.79 Å². The van der Waals surface area contributed by atoms with Gasteiger partial charge in [0.05, 0.1) is 18.4 Å². The Kier molecular flexibility index (Phi) is 4.05. The largest absolute Gasteiger partial charge is 0.346 e. The lowest BCUT2D eigenvalue weighted by Gasteiger charge is -2.24. The summed E-state index contributed by atoms with van der Waals surface area (Å²) in [4.78, 5) is 16.9. The third-order valence-electron chi connectivity index (χ3n) is 4.41. The SMILES string of the molecule is Cc1cn2c(n1)CC[C@@H](NC(=O)c1cn(Cc3ccccc3)nn1)C2. The first-order valence-corrected chi connectivity index (χ1v) is 8.45. The molecule has 0 saturated heterocycles. The summed E-state index contributed by atoms with van der Waals surface area (Å²) >= 11 is 0. The van der Waals surface area contributed by atoms with Crippen molar-refractivity contribution in [2.75, 3.05) is 0 Å². The first-order chi connectivity index (χ1) is 12.2. The van der Waals surface area contributed by atoms with Crippen LogP contribution in [0.4, 0.5) is 0 Å². The number of nitrogens with zero attached hydrogens (tertiary/aromatic N) is 5. The number of hydrogen-bond donors (Lipinski definition) is 1. The Morgan fingerprint density at radius 1 is 1.28 bits per heavy atom. The molecule has 0 fully saturated rings. The van der Waals surface area contributed by atoms with E-state index in [2.05, 4.69) is 25.2 Å². The molecule has 3 heterocycles. The predicted octanol–water partition coefficient (Wildman–Crippen LogP) is 1.58. The van der Waals surface area contributed by atoms with Crippen LogP contribution in [-0.2, 0) is 19.5 Å². The summed E-state index contributed by atoms with van der Waals surface area (Å²) in [5.41, 5.74) is 2.49. The van der Waals surface area contributed by atoms with Crippen molar-refractivity contribution >= 4 is 5.91 Å². The van der Waals surface area contributed by atoms with Crippen LogP contribution in [-0.4, -0.2) is 36.5 Å². The molecule has 7 heteroatoms.